The predicted molar refractivity (Wildman–Crippen MR) is 72.5 cm³/mol. The van der Waals surface area contributed by atoms with Gasteiger partial charge in [-0.3, -0.25) is 4.74 Å². The molecule has 120 valence electrons. The van der Waals surface area contributed by atoms with E-state index in [0.717, 1.165) is 5.56 Å². The standard InChI is InChI=1S/C14H20F3NO3/c1-10(2)18-9-11-5-4-6-12(19-3)13(11)20-7-8-21-14(15,16)17/h4-6,10,18H,7-9H2,1-3H3. The van der Waals surface area contributed by atoms with Crippen LogP contribution < -0.4 is 14.8 Å². The number of hydrogen-bond donors (Lipinski definition) is 1. The first-order chi connectivity index (χ1) is 9.83. The van der Waals surface area contributed by atoms with Crippen molar-refractivity contribution in [2.24, 2.45) is 0 Å². The Labute approximate surface area is 122 Å². The van der Waals surface area contributed by atoms with Crippen molar-refractivity contribution >= 4 is 0 Å². The van der Waals surface area contributed by atoms with Gasteiger partial charge in [-0.15, -0.1) is 13.2 Å². The summed E-state index contributed by atoms with van der Waals surface area (Å²) in [4.78, 5) is 0. The lowest BCUT2D eigenvalue weighted by Crippen LogP contribution is -2.23. The minimum absolute atomic E-state index is 0.214. The predicted octanol–water partition coefficient (Wildman–Crippen LogP) is 3.11. The van der Waals surface area contributed by atoms with Crippen LogP contribution in [0.1, 0.15) is 19.4 Å². The van der Waals surface area contributed by atoms with Crippen LogP contribution in [0.4, 0.5) is 13.2 Å². The third kappa shape index (κ3) is 6.68. The largest absolute Gasteiger partial charge is 0.522 e. The van der Waals surface area contributed by atoms with Gasteiger partial charge in [0.2, 0.25) is 0 Å². The Morgan fingerprint density at radius 3 is 2.48 bits per heavy atom. The number of rotatable bonds is 8. The number of para-hydroxylation sites is 1. The molecule has 0 bridgehead atoms. The highest BCUT2D eigenvalue weighted by Gasteiger charge is 2.28. The highest BCUT2D eigenvalue weighted by molar-refractivity contribution is 5.46. The first-order valence-electron chi connectivity index (χ1n) is 6.56. The fourth-order valence-electron chi connectivity index (χ4n) is 1.64. The molecule has 0 amide bonds. The molecule has 7 heteroatoms. The SMILES string of the molecule is COc1cccc(CNC(C)C)c1OCCOC(F)(F)F. The van der Waals surface area contributed by atoms with Crippen molar-refractivity contribution in [1.82, 2.24) is 5.32 Å². The van der Waals surface area contributed by atoms with Gasteiger partial charge in [0.1, 0.15) is 6.61 Å². The molecule has 1 aromatic carbocycles. The molecule has 0 aliphatic rings. The Morgan fingerprint density at radius 1 is 1.19 bits per heavy atom. The summed E-state index contributed by atoms with van der Waals surface area (Å²) in [6, 6.07) is 5.60. The summed E-state index contributed by atoms with van der Waals surface area (Å²) in [6.07, 6.45) is -4.65. The Morgan fingerprint density at radius 2 is 1.90 bits per heavy atom. The smallest absolute Gasteiger partial charge is 0.493 e. The molecule has 0 atom stereocenters. The Kier molecular flexibility index (Phi) is 6.77. The zero-order valence-electron chi connectivity index (χ0n) is 12.3. The van der Waals surface area contributed by atoms with E-state index in [2.05, 4.69) is 10.1 Å². The van der Waals surface area contributed by atoms with E-state index in [-0.39, 0.29) is 12.6 Å². The Balaban J connectivity index is 2.68. The second-order valence-corrected chi connectivity index (χ2v) is 4.63. The molecule has 0 aliphatic carbocycles. The maximum atomic E-state index is 11.9. The zero-order chi connectivity index (χ0) is 15.9. The van der Waals surface area contributed by atoms with Gasteiger partial charge in [0, 0.05) is 18.2 Å². The Hall–Kier alpha value is -1.47. The maximum Gasteiger partial charge on any atom is 0.522 e. The van der Waals surface area contributed by atoms with Crippen molar-refractivity contribution in [1.29, 1.82) is 0 Å². The van der Waals surface area contributed by atoms with E-state index in [1.807, 2.05) is 19.9 Å². The molecule has 0 spiro atoms. The third-order valence-corrected chi connectivity index (χ3v) is 2.58. The molecular weight excluding hydrogens is 287 g/mol. The third-order valence-electron chi connectivity index (χ3n) is 2.58. The molecule has 1 N–H and O–H groups in total. The van der Waals surface area contributed by atoms with Crippen LogP contribution in [0.25, 0.3) is 0 Å². The van der Waals surface area contributed by atoms with Gasteiger partial charge >= 0.3 is 6.36 Å². The molecule has 1 rings (SSSR count). The highest BCUT2D eigenvalue weighted by Crippen LogP contribution is 2.31. The van der Waals surface area contributed by atoms with E-state index in [9.17, 15) is 13.2 Å². The lowest BCUT2D eigenvalue weighted by Gasteiger charge is -2.17. The summed E-state index contributed by atoms with van der Waals surface area (Å²) in [6.45, 7) is 3.74. The molecule has 21 heavy (non-hydrogen) atoms. The summed E-state index contributed by atoms with van der Waals surface area (Å²) in [5, 5.41) is 3.22. The molecule has 0 saturated carbocycles. The quantitative estimate of drug-likeness (QED) is 0.749. The summed E-state index contributed by atoms with van der Waals surface area (Å²) in [5.74, 6) is 0.906. The average molecular weight is 307 g/mol. The van der Waals surface area contributed by atoms with Crippen molar-refractivity contribution in [3.63, 3.8) is 0 Å². The van der Waals surface area contributed by atoms with Crippen molar-refractivity contribution in [2.45, 2.75) is 32.8 Å². The van der Waals surface area contributed by atoms with Crippen molar-refractivity contribution in [3.05, 3.63) is 23.8 Å². The molecule has 0 aromatic heterocycles. The molecule has 0 saturated heterocycles. The number of ether oxygens (including phenoxy) is 3. The molecule has 0 aliphatic heterocycles. The van der Waals surface area contributed by atoms with Crippen LogP contribution in [-0.2, 0) is 11.3 Å². The van der Waals surface area contributed by atoms with Gasteiger partial charge in [-0.05, 0) is 6.07 Å². The molecule has 0 radical (unpaired) electrons. The van der Waals surface area contributed by atoms with Gasteiger partial charge in [0.15, 0.2) is 11.5 Å². The van der Waals surface area contributed by atoms with E-state index in [1.165, 1.54) is 7.11 Å². The first-order valence-corrected chi connectivity index (χ1v) is 6.56. The minimum Gasteiger partial charge on any atom is -0.493 e. The molecule has 0 fully saturated rings. The second kappa shape index (κ2) is 8.09. The van der Waals surface area contributed by atoms with Crippen LogP contribution >= 0.6 is 0 Å². The number of methoxy groups -OCH3 is 1. The van der Waals surface area contributed by atoms with Crippen LogP contribution in [0.15, 0.2) is 18.2 Å². The van der Waals surface area contributed by atoms with Gasteiger partial charge in [-0.25, -0.2) is 0 Å². The first kappa shape index (κ1) is 17.6. The van der Waals surface area contributed by atoms with Crippen LogP contribution in [0.5, 0.6) is 11.5 Å². The molecule has 0 unspecified atom stereocenters. The fourth-order valence-corrected chi connectivity index (χ4v) is 1.64. The monoisotopic (exact) mass is 307 g/mol. The minimum atomic E-state index is -4.65. The van der Waals surface area contributed by atoms with Gasteiger partial charge in [-0.1, -0.05) is 26.0 Å². The zero-order valence-corrected chi connectivity index (χ0v) is 12.3. The summed E-state index contributed by atoms with van der Waals surface area (Å²) in [7, 11) is 1.48. The molecule has 1 aromatic rings. The number of alkyl halides is 3. The summed E-state index contributed by atoms with van der Waals surface area (Å²) < 4.78 is 50.0. The van der Waals surface area contributed by atoms with Gasteiger partial charge in [0.05, 0.1) is 13.7 Å². The highest BCUT2D eigenvalue weighted by atomic mass is 19.4. The lowest BCUT2D eigenvalue weighted by molar-refractivity contribution is -0.325. The topological polar surface area (TPSA) is 39.7 Å². The van der Waals surface area contributed by atoms with Crippen LogP contribution in [-0.4, -0.2) is 32.7 Å². The van der Waals surface area contributed by atoms with E-state index in [0.29, 0.717) is 18.0 Å². The molecule has 0 heterocycles. The van der Waals surface area contributed by atoms with Crippen molar-refractivity contribution < 1.29 is 27.4 Å². The number of benzene rings is 1. The normalized spacial score (nSPS) is 11.8. The fraction of sp³-hybridized carbons (Fsp3) is 0.571. The lowest BCUT2D eigenvalue weighted by atomic mass is 10.1. The summed E-state index contributed by atoms with van der Waals surface area (Å²) >= 11 is 0. The Bertz CT molecular complexity index is 436. The molecule has 4 nitrogen and oxygen atoms in total. The van der Waals surface area contributed by atoms with Crippen molar-refractivity contribution in [2.75, 3.05) is 20.3 Å². The average Bonchev–Trinajstić information content (AvgIpc) is 2.40. The summed E-state index contributed by atoms with van der Waals surface area (Å²) in [5.41, 5.74) is 0.815. The van der Waals surface area contributed by atoms with Gasteiger partial charge in [0.25, 0.3) is 0 Å². The van der Waals surface area contributed by atoms with E-state index < -0.39 is 13.0 Å². The van der Waals surface area contributed by atoms with Gasteiger partial charge < -0.3 is 14.8 Å². The number of nitrogens with one attached hydrogen (secondary N) is 1. The van der Waals surface area contributed by atoms with E-state index >= 15 is 0 Å². The van der Waals surface area contributed by atoms with Gasteiger partial charge in [-0.2, -0.15) is 0 Å². The second-order valence-electron chi connectivity index (χ2n) is 4.63. The van der Waals surface area contributed by atoms with Crippen LogP contribution in [0, 0.1) is 0 Å². The molecular formula is C14H20F3NO3. The van der Waals surface area contributed by atoms with Crippen LogP contribution in [0.3, 0.4) is 0 Å². The number of hydrogen-bond acceptors (Lipinski definition) is 4. The van der Waals surface area contributed by atoms with E-state index in [4.69, 9.17) is 9.47 Å². The van der Waals surface area contributed by atoms with Crippen molar-refractivity contribution in [3.8, 4) is 11.5 Å². The van der Waals surface area contributed by atoms with Crippen LogP contribution in [0.2, 0.25) is 0 Å². The van der Waals surface area contributed by atoms with E-state index in [1.54, 1.807) is 12.1 Å². The number of halogens is 3. The maximum absolute atomic E-state index is 11.9.